The summed E-state index contributed by atoms with van der Waals surface area (Å²) in [7, 11) is 0. The van der Waals surface area contributed by atoms with E-state index in [0.29, 0.717) is 0 Å². The molecule has 1 aliphatic heterocycles. The third-order valence-electron chi connectivity index (χ3n) is 2.40. The summed E-state index contributed by atoms with van der Waals surface area (Å²) in [5, 5.41) is 9.00. The van der Waals surface area contributed by atoms with Crippen molar-refractivity contribution in [3.8, 4) is 0 Å². The lowest BCUT2D eigenvalue weighted by Gasteiger charge is -2.40. The molecule has 0 aromatic heterocycles. The van der Waals surface area contributed by atoms with Crippen molar-refractivity contribution in [2.45, 2.75) is 25.5 Å². The van der Waals surface area contributed by atoms with Crippen molar-refractivity contribution in [2.24, 2.45) is 0 Å². The molecule has 0 aromatic rings. The maximum Gasteiger partial charge on any atom is 0.411 e. The van der Waals surface area contributed by atoms with Crippen LogP contribution in [-0.4, -0.2) is 53.5 Å². The Hall–Kier alpha value is -1.56. The fourth-order valence-corrected chi connectivity index (χ4v) is 1.57. The molecule has 0 saturated carbocycles. The number of hydrogen-bond donors (Lipinski definition) is 1. The number of carbonyl (C=O) groups is 2. The monoisotopic (exact) mass is 243 g/mol. The molecule has 1 heterocycles. The van der Waals surface area contributed by atoms with Gasteiger partial charge in [-0.2, -0.15) is 0 Å². The van der Waals surface area contributed by atoms with Gasteiger partial charge in [-0.05, 0) is 13.8 Å². The number of ether oxygens (including phenoxy) is 2. The van der Waals surface area contributed by atoms with Crippen molar-refractivity contribution in [1.29, 1.82) is 0 Å². The highest BCUT2D eigenvalue weighted by molar-refractivity contribution is 5.80. The maximum atomic E-state index is 11.7. The Morgan fingerprint density at radius 1 is 1.65 bits per heavy atom. The van der Waals surface area contributed by atoms with Gasteiger partial charge in [-0.25, -0.2) is 9.59 Å². The topological polar surface area (TPSA) is 76.1 Å². The van der Waals surface area contributed by atoms with Crippen LogP contribution in [-0.2, 0) is 14.3 Å². The third-order valence-corrected chi connectivity index (χ3v) is 2.40. The normalized spacial score (nSPS) is 22.9. The first-order chi connectivity index (χ1) is 7.87. The lowest BCUT2D eigenvalue weighted by atomic mass is 10.1. The van der Waals surface area contributed by atoms with Crippen LogP contribution in [0.3, 0.4) is 0 Å². The van der Waals surface area contributed by atoms with Gasteiger partial charge in [-0.3, -0.25) is 4.90 Å². The first-order valence-corrected chi connectivity index (χ1v) is 5.28. The summed E-state index contributed by atoms with van der Waals surface area (Å²) >= 11 is 0. The van der Waals surface area contributed by atoms with E-state index in [9.17, 15) is 9.59 Å². The zero-order valence-corrected chi connectivity index (χ0v) is 10.0. The van der Waals surface area contributed by atoms with Crippen LogP contribution in [0, 0.1) is 0 Å². The van der Waals surface area contributed by atoms with E-state index < -0.39 is 23.7 Å². The number of amides is 1. The molecule has 96 valence electrons. The molecule has 0 aromatic carbocycles. The van der Waals surface area contributed by atoms with Gasteiger partial charge < -0.3 is 14.6 Å². The van der Waals surface area contributed by atoms with E-state index in [1.165, 1.54) is 11.0 Å². The van der Waals surface area contributed by atoms with Crippen molar-refractivity contribution in [3.63, 3.8) is 0 Å². The maximum absolute atomic E-state index is 11.7. The van der Waals surface area contributed by atoms with Gasteiger partial charge >= 0.3 is 12.1 Å². The summed E-state index contributed by atoms with van der Waals surface area (Å²) in [6.45, 7) is 7.21. The molecular formula is C11H17NO5. The Balaban J connectivity index is 2.76. The highest BCUT2D eigenvalue weighted by atomic mass is 16.6. The van der Waals surface area contributed by atoms with Crippen LogP contribution in [0.1, 0.15) is 13.8 Å². The number of hydrogen-bond acceptors (Lipinski definition) is 4. The highest BCUT2D eigenvalue weighted by Gasteiger charge is 2.40. The number of rotatable bonds is 3. The molecule has 1 unspecified atom stereocenters. The Morgan fingerprint density at radius 3 is 2.82 bits per heavy atom. The molecule has 17 heavy (non-hydrogen) atoms. The van der Waals surface area contributed by atoms with E-state index in [2.05, 4.69) is 6.58 Å². The first-order valence-electron chi connectivity index (χ1n) is 5.28. The van der Waals surface area contributed by atoms with Gasteiger partial charge in [-0.15, -0.1) is 0 Å². The molecule has 0 radical (unpaired) electrons. The summed E-state index contributed by atoms with van der Waals surface area (Å²) in [5.74, 6) is -1.10. The Labute approximate surface area is 99.8 Å². The molecule has 1 rings (SSSR count). The van der Waals surface area contributed by atoms with Crippen molar-refractivity contribution in [3.05, 3.63) is 12.7 Å². The Morgan fingerprint density at radius 2 is 2.29 bits per heavy atom. The number of carboxylic acid groups (broad SMARTS) is 1. The largest absolute Gasteiger partial charge is 0.480 e. The molecule has 1 amide bonds. The SMILES string of the molecule is C=CCOC(=O)N1CC(C)(C)OCC1C(=O)O. The molecule has 1 aliphatic rings. The number of aliphatic carboxylic acids is 1. The molecule has 1 N–H and O–H groups in total. The molecular weight excluding hydrogens is 226 g/mol. The van der Waals surface area contributed by atoms with Crippen molar-refractivity contribution in [2.75, 3.05) is 19.8 Å². The molecule has 0 aliphatic carbocycles. The summed E-state index contributed by atoms with van der Waals surface area (Å²) in [4.78, 5) is 23.9. The van der Waals surface area contributed by atoms with Crippen LogP contribution >= 0.6 is 0 Å². The third kappa shape index (κ3) is 3.45. The predicted octanol–water partition coefficient (Wildman–Crippen LogP) is 0.873. The van der Waals surface area contributed by atoms with Crippen molar-refractivity contribution >= 4 is 12.1 Å². The lowest BCUT2D eigenvalue weighted by molar-refractivity contribution is -0.159. The van der Waals surface area contributed by atoms with Crippen LogP contribution in [0.5, 0.6) is 0 Å². The van der Waals surface area contributed by atoms with E-state index >= 15 is 0 Å². The minimum atomic E-state index is -1.10. The van der Waals surface area contributed by atoms with E-state index in [-0.39, 0.29) is 19.8 Å². The van der Waals surface area contributed by atoms with Crippen LogP contribution < -0.4 is 0 Å². The number of nitrogens with zero attached hydrogens (tertiary/aromatic N) is 1. The molecule has 0 bridgehead atoms. The Kier molecular flexibility index (Phi) is 4.11. The van der Waals surface area contributed by atoms with E-state index in [1.54, 1.807) is 13.8 Å². The second kappa shape index (κ2) is 5.18. The summed E-state index contributed by atoms with van der Waals surface area (Å²) in [6.07, 6.45) is 0.771. The quantitative estimate of drug-likeness (QED) is 0.744. The average molecular weight is 243 g/mol. The summed E-state index contributed by atoms with van der Waals surface area (Å²) in [5.41, 5.74) is -0.570. The standard InChI is InChI=1S/C11H17NO5/c1-4-5-16-10(15)12-7-11(2,3)17-6-8(12)9(13)14/h4,8H,1,5-7H2,2-3H3,(H,13,14). The average Bonchev–Trinajstić information content (AvgIpc) is 2.24. The van der Waals surface area contributed by atoms with E-state index in [0.717, 1.165) is 0 Å². The van der Waals surface area contributed by atoms with Gasteiger partial charge in [-0.1, -0.05) is 12.7 Å². The number of morpholine rings is 1. The molecule has 0 spiro atoms. The smallest absolute Gasteiger partial charge is 0.411 e. The number of carboxylic acids is 1. The summed E-state index contributed by atoms with van der Waals surface area (Å²) in [6, 6.07) is -1.000. The van der Waals surface area contributed by atoms with Gasteiger partial charge in [0.05, 0.1) is 18.8 Å². The van der Waals surface area contributed by atoms with Gasteiger partial charge in [0.25, 0.3) is 0 Å². The molecule has 6 nitrogen and oxygen atoms in total. The molecule has 1 atom stereocenters. The predicted molar refractivity (Wildman–Crippen MR) is 59.7 cm³/mol. The van der Waals surface area contributed by atoms with Crippen LogP contribution in [0.25, 0.3) is 0 Å². The zero-order valence-electron chi connectivity index (χ0n) is 10.0. The zero-order chi connectivity index (χ0) is 13.1. The minimum Gasteiger partial charge on any atom is -0.480 e. The summed E-state index contributed by atoms with van der Waals surface area (Å²) < 4.78 is 10.2. The fraction of sp³-hybridized carbons (Fsp3) is 0.636. The molecule has 6 heteroatoms. The van der Waals surface area contributed by atoms with Gasteiger partial charge in [0.2, 0.25) is 0 Å². The van der Waals surface area contributed by atoms with Crippen LogP contribution in [0.15, 0.2) is 12.7 Å². The molecule has 1 saturated heterocycles. The number of carbonyl (C=O) groups excluding carboxylic acids is 1. The molecule has 1 fully saturated rings. The highest BCUT2D eigenvalue weighted by Crippen LogP contribution is 2.21. The van der Waals surface area contributed by atoms with Crippen LogP contribution in [0.4, 0.5) is 4.79 Å². The first kappa shape index (κ1) is 13.5. The second-order valence-electron chi connectivity index (χ2n) is 4.42. The Bertz CT molecular complexity index is 326. The minimum absolute atomic E-state index is 0.0362. The van der Waals surface area contributed by atoms with E-state index in [4.69, 9.17) is 14.6 Å². The van der Waals surface area contributed by atoms with Gasteiger partial charge in [0.1, 0.15) is 6.61 Å². The van der Waals surface area contributed by atoms with Gasteiger partial charge in [0, 0.05) is 0 Å². The fourth-order valence-electron chi connectivity index (χ4n) is 1.57. The van der Waals surface area contributed by atoms with Crippen molar-refractivity contribution in [1.82, 2.24) is 4.90 Å². The van der Waals surface area contributed by atoms with Crippen LogP contribution in [0.2, 0.25) is 0 Å². The van der Waals surface area contributed by atoms with Crippen molar-refractivity contribution < 1.29 is 24.2 Å². The van der Waals surface area contributed by atoms with E-state index in [1.807, 2.05) is 0 Å². The second-order valence-corrected chi connectivity index (χ2v) is 4.42. The lowest BCUT2D eigenvalue weighted by Crippen LogP contribution is -2.59. The van der Waals surface area contributed by atoms with Gasteiger partial charge in [0.15, 0.2) is 6.04 Å².